The monoisotopic (exact) mass is 810 g/mol. The van der Waals surface area contributed by atoms with Gasteiger partial charge in [-0.1, -0.05) is 0 Å². The van der Waals surface area contributed by atoms with Crippen LogP contribution in [0.5, 0.6) is 0 Å². The molecule has 6 nitrogen and oxygen atoms in total. The van der Waals surface area contributed by atoms with Gasteiger partial charge in [-0.2, -0.15) is 0 Å². The number of benzene rings is 5. The van der Waals surface area contributed by atoms with Crippen LogP contribution in [-0.4, -0.2) is 36.5 Å². The van der Waals surface area contributed by atoms with Crippen LogP contribution in [0.15, 0.2) is 137 Å². The van der Waals surface area contributed by atoms with Gasteiger partial charge >= 0.3 is 258 Å². The van der Waals surface area contributed by atoms with Crippen molar-refractivity contribution in [2.75, 3.05) is 0 Å². The van der Waals surface area contributed by atoms with E-state index in [0.717, 1.165) is 0 Å². The molecule has 0 fully saturated rings. The van der Waals surface area contributed by atoms with Gasteiger partial charge in [0.2, 0.25) is 0 Å². The second-order valence-electron chi connectivity index (χ2n) is 10.6. The predicted octanol–water partition coefficient (Wildman–Crippen LogP) is 5.15. The summed E-state index contributed by atoms with van der Waals surface area (Å²) in [7, 11) is -9.28. The van der Waals surface area contributed by atoms with Gasteiger partial charge in [0.05, 0.1) is 0 Å². The van der Waals surface area contributed by atoms with Crippen molar-refractivity contribution >= 4 is 49.7 Å². The summed E-state index contributed by atoms with van der Waals surface area (Å²) < 4.78 is 73.1. The van der Waals surface area contributed by atoms with E-state index in [9.17, 15) is 16.8 Å². The maximum atomic E-state index is 14.6. The van der Waals surface area contributed by atoms with Crippen molar-refractivity contribution < 1.29 is 21.4 Å². The first-order valence-corrected chi connectivity index (χ1v) is 24.5. The Bertz CT molecular complexity index is 1810. The Hall–Kier alpha value is -3.20. The number of hydrogen-bond donors (Lipinski definition) is 0. The summed E-state index contributed by atoms with van der Waals surface area (Å²) >= 11 is -6.88. The first-order valence-electron chi connectivity index (χ1n) is 13.7. The molecule has 0 bridgehead atoms. The van der Waals surface area contributed by atoms with Gasteiger partial charge in [0.15, 0.2) is 0 Å². The standard InChI is InChI=1S/2C8H10O3S.3C6H5.Bi/c2*1-6-3-4-7(2)8(5-6)12(9,10)11;3*1-2-4-6-5-3-1;/h2*3-5H,1-2H3,(H,9,10,11);3*1-5H;/q;;;;;+2/p-2. The van der Waals surface area contributed by atoms with Crippen LogP contribution in [-0.2, 0) is 24.8 Å². The Morgan fingerprint density at radius 2 is 0.744 bits per heavy atom. The Morgan fingerprint density at radius 3 is 1.05 bits per heavy atom. The molecule has 0 unspecified atom stereocenters. The molecule has 0 heterocycles. The Labute approximate surface area is 256 Å². The van der Waals surface area contributed by atoms with E-state index in [-0.39, 0.29) is 9.79 Å². The van der Waals surface area contributed by atoms with E-state index >= 15 is 0 Å². The van der Waals surface area contributed by atoms with Crippen LogP contribution in [0.1, 0.15) is 22.3 Å². The molecule has 0 amide bonds. The van der Waals surface area contributed by atoms with E-state index in [0.29, 0.717) is 32.1 Å². The summed E-state index contributed by atoms with van der Waals surface area (Å²) in [6, 6.07) is 36.0. The zero-order chi connectivity index (χ0) is 30.9. The summed E-state index contributed by atoms with van der Waals surface area (Å²) in [5, 5.41) is 0. The molecule has 0 spiro atoms. The normalized spacial score (nSPS) is 13.3. The van der Waals surface area contributed by atoms with E-state index in [2.05, 4.69) is 0 Å². The summed E-state index contributed by atoms with van der Waals surface area (Å²) in [5.41, 5.74) is 2.36. The first kappa shape index (κ1) is 31.2. The molecule has 43 heavy (non-hydrogen) atoms. The Morgan fingerprint density at radius 1 is 0.442 bits per heavy atom. The molecule has 5 aromatic carbocycles. The second-order valence-corrected chi connectivity index (χ2v) is 30.5. The molecule has 0 saturated carbocycles. The van der Waals surface area contributed by atoms with E-state index in [1.807, 2.05) is 12.1 Å². The maximum absolute atomic E-state index is 14.6. The van der Waals surface area contributed by atoms with Crippen LogP contribution in [0.3, 0.4) is 0 Å². The minimum atomic E-state index is -6.88. The zero-order valence-corrected chi connectivity index (χ0v) is 29.4. The topological polar surface area (TPSA) is 86.7 Å². The van der Waals surface area contributed by atoms with Crippen LogP contribution in [0.2, 0.25) is 0 Å². The van der Waals surface area contributed by atoms with Gasteiger partial charge in [-0.3, -0.25) is 0 Å². The molecule has 0 aliphatic heterocycles. The first-order chi connectivity index (χ1) is 20.4. The summed E-state index contributed by atoms with van der Waals surface area (Å²) in [6.45, 7) is 6.94. The van der Waals surface area contributed by atoms with Crippen LogP contribution < -0.4 is 9.81 Å². The fourth-order valence-electron chi connectivity index (χ4n) is 5.22. The van der Waals surface area contributed by atoms with Crippen molar-refractivity contribution in [1.82, 2.24) is 0 Å². The van der Waals surface area contributed by atoms with Crippen LogP contribution in [0.25, 0.3) is 0 Å². The average Bonchev–Trinajstić information content (AvgIpc) is 3.00. The van der Waals surface area contributed by atoms with Crippen molar-refractivity contribution in [3.05, 3.63) is 150 Å². The second kappa shape index (κ2) is 11.7. The summed E-state index contributed by atoms with van der Waals surface area (Å²) in [4.78, 5) is -0.103. The van der Waals surface area contributed by atoms with Gasteiger partial charge in [-0.05, 0) is 0 Å². The van der Waals surface area contributed by atoms with Gasteiger partial charge in [0.25, 0.3) is 0 Å². The van der Waals surface area contributed by atoms with Crippen molar-refractivity contribution in [2.24, 2.45) is 0 Å². The molecule has 0 radical (unpaired) electrons. The molecule has 0 aliphatic rings. The third-order valence-corrected chi connectivity index (χ3v) is 35.9. The van der Waals surface area contributed by atoms with Gasteiger partial charge in [0.1, 0.15) is 0 Å². The van der Waals surface area contributed by atoms with Gasteiger partial charge in [-0.25, -0.2) is 0 Å². The van der Waals surface area contributed by atoms with Crippen molar-refractivity contribution in [3.63, 3.8) is 0 Å². The van der Waals surface area contributed by atoms with E-state index < -0.39 is 39.9 Å². The Balaban J connectivity index is 1.99. The SMILES string of the molecule is Cc1ccc(C)c(S(=O)(=O)[O][Bi]([O]S(=O)(=O)c2cc(C)ccc2C)([c]2ccccc2)([c]2ccccc2)[c]2ccccc2)c1. The van der Waals surface area contributed by atoms with E-state index in [4.69, 9.17) is 4.52 Å². The van der Waals surface area contributed by atoms with E-state index in [1.54, 1.807) is 131 Å². The molecule has 9 heteroatoms. The minimum absolute atomic E-state index is 0.0514. The number of aryl methyl sites for hydroxylation is 4. The molecular formula is C34H33BiO6S2. The van der Waals surface area contributed by atoms with Crippen LogP contribution in [0.4, 0.5) is 0 Å². The fourth-order valence-corrected chi connectivity index (χ4v) is 37.6. The zero-order valence-electron chi connectivity index (χ0n) is 24.3. The quantitative estimate of drug-likeness (QED) is 0.192. The number of rotatable bonds is 9. The average molecular weight is 811 g/mol. The summed E-state index contributed by atoms with van der Waals surface area (Å²) in [6.07, 6.45) is 0. The van der Waals surface area contributed by atoms with Crippen LogP contribution >= 0.6 is 0 Å². The predicted molar refractivity (Wildman–Crippen MR) is 172 cm³/mol. The van der Waals surface area contributed by atoms with Gasteiger partial charge in [0, 0.05) is 0 Å². The third-order valence-electron chi connectivity index (χ3n) is 7.38. The molecule has 0 N–H and O–H groups in total. The molecule has 5 rings (SSSR count). The number of hydrogen-bond acceptors (Lipinski definition) is 6. The molecule has 222 valence electrons. The van der Waals surface area contributed by atoms with Crippen molar-refractivity contribution in [1.29, 1.82) is 0 Å². The van der Waals surface area contributed by atoms with Crippen molar-refractivity contribution in [2.45, 2.75) is 37.5 Å². The van der Waals surface area contributed by atoms with Crippen molar-refractivity contribution in [3.8, 4) is 0 Å². The Kier molecular flexibility index (Phi) is 8.51. The molecule has 0 saturated heterocycles. The van der Waals surface area contributed by atoms with E-state index in [1.165, 1.54) is 12.1 Å². The molecule has 0 aromatic heterocycles. The fraction of sp³-hybridized carbons (Fsp3) is 0.118. The van der Waals surface area contributed by atoms with Gasteiger partial charge in [-0.15, -0.1) is 0 Å². The summed E-state index contributed by atoms with van der Waals surface area (Å²) in [5.74, 6) is 0. The molecule has 0 aliphatic carbocycles. The molecular weight excluding hydrogens is 777 g/mol. The molecule has 5 aromatic rings. The van der Waals surface area contributed by atoms with Gasteiger partial charge < -0.3 is 0 Å². The van der Waals surface area contributed by atoms with Crippen LogP contribution in [0, 0.1) is 27.7 Å². The molecule has 0 atom stereocenters. The third kappa shape index (κ3) is 5.61.